The molecule has 3 nitrogen and oxygen atoms in total. The Morgan fingerprint density at radius 1 is 1.67 bits per heavy atom. The minimum Gasteiger partial charge on any atom is -0.308 e. The zero-order valence-electron chi connectivity index (χ0n) is 9.45. The van der Waals surface area contributed by atoms with Crippen molar-refractivity contribution in [2.24, 2.45) is 0 Å². The van der Waals surface area contributed by atoms with Gasteiger partial charge in [0.2, 0.25) is 0 Å². The molecule has 1 aromatic rings. The molecule has 0 saturated heterocycles. The number of hydrogen-bond acceptors (Lipinski definition) is 4. The Labute approximate surface area is 97.8 Å². The van der Waals surface area contributed by atoms with E-state index in [4.69, 9.17) is 0 Å². The predicted molar refractivity (Wildman–Crippen MR) is 66.8 cm³/mol. The molecule has 5 heteroatoms. The van der Waals surface area contributed by atoms with Crippen molar-refractivity contribution in [1.29, 1.82) is 0 Å². The van der Waals surface area contributed by atoms with Gasteiger partial charge in [0.15, 0.2) is 0 Å². The summed E-state index contributed by atoms with van der Waals surface area (Å²) >= 11 is 1.67. The molecular weight excluding hydrogens is 228 g/mol. The first-order chi connectivity index (χ1) is 7.15. The van der Waals surface area contributed by atoms with Crippen LogP contribution in [0.4, 0.5) is 0 Å². The number of aromatic nitrogens is 1. The van der Waals surface area contributed by atoms with Crippen molar-refractivity contribution in [3.05, 3.63) is 16.1 Å². The Hall–Kier alpha value is -0.260. The largest absolute Gasteiger partial charge is 0.308 e. The van der Waals surface area contributed by atoms with E-state index in [0.29, 0.717) is 6.04 Å². The van der Waals surface area contributed by atoms with Crippen LogP contribution in [0.25, 0.3) is 0 Å². The molecule has 86 valence electrons. The molecule has 0 aliphatic carbocycles. The Morgan fingerprint density at radius 3 is 2.93 bits per heavy atom. The number of hydrogen-bond donors (Lipinski definition) is 1. The molecule has 2 unspecified atom stereocenters. The molecule has 0 spiro atoms. The molecule has 2 atom stereocenters. The van der Waals surface area contributed by atoms with Crippen LogP contribution in [0.3, 0.4) is 0 Å². The zero-order chi connectivity index (χ0) is 11.3. The average molecular weight is 246 g/mol. The Kier molecular flexibility index (Phi) is 5.42. The molecule has 0 fully saturated rings. The van der Waals surface area contributed by atoms with Gasteiger partial charge >= 0.3 is 0 Å². The lowest BCUT2D eigenvalue weighted by Crippen LogP contribution is -2.24. The molecule has 1 aromatic heterocycles. The van der Waals surface area contributed by atoms with Gasteiger partial charge in [-0.3, -0.25) is 4.21 Å². The van der Waals surface area contributed by atoms with Crippen molar-refractivity contribution >= 4 is 22.1 Å². The minimum absolute atomic E-state index is 0.311. The summed E-state index contributed by atoms with van der Waals surface area (Å²) in [5.41, 5.74) is 2.96. The second-order valence-electron chi connectivity index (χ2n) is 3.41. The third-order valence-corrected chi connectivity index (χ3v) is 4.70. The molecule has 0 aromatic carbocycles. The Bertz CT molecular complexity index is 325. The number of aryl methyl sites for hydroxylation is 1. The smallest absolute Gasteiger partial charge is 0.0798 e. The number of thiazole rings is 1. The summed E-state index contributed by atoms with van der Waals surface area (Å²) in [4.78, 5) is 5.49. The molecule has 1 N–H and O–H groups in total. The summed E-state index contributed by atoms with van der Waals surface area (Å²) < 4.78 is 11.2. The highest BCUT2D eigenvalue weighted by Crippen LogP contribution is 2.20. The van der Waals surface area contributed by atoms with Gasteiger partial charge in [-0.2, -0.15) is 0 Å². The van der Waals surface area contributed by atoms with E-state index in [1.165, 1.54) is 4.88 Å². The molecule has 0 aliphatic heterocycles. The monoisotopic (exact) mass is 246 g/mol. The quantitative estimate of drug-likeness (QED) is 0.833. The van der Waals surface area contributed by atoms with Crippen LogP contribution in [0, 0.1) is 6.92 Å². The van der Waals surface area contributed by atoms with Crippen molar-refractivity contribution in [1.82, 2.24) is 10.3 Å². The van der Waals surface area contributed by atoms with E-state index in [2.05, 4.69) is 17.2 Å². The molecule has 0 saturated carbocycles. The average Bonchev–Trinajstić information content (AvgIpc) is 2.64. The fourth-order valence-corrected chi connectivity index (χ4v) is 2.82. The van der Waals surface area contributed by atoms with Crippen LogP contribution in [0.1, 0.15) is 30.5 Å². The van der Waals surface area contributed by atoms with Gasteiger partial charge < -0.3 is 5.32 Å². The van der Waals surface area contributed by atoms with Crippen molar-refractivity contribution < 1.29 is 4.21 Å². The van der Waals surface area contributed by atoms with Crippen LogP contribution in [0.5, 0.6) is 0 Å². The summed E-state index contributed by atoms with van der Waals surface area (Å²) in [6.07, 6.45) is 0. The first kappa shape index (κ1) is 12.8. The highest BCUT2D eigenvalue weighted by atomic mass is 32.2. The maximum atomic E-state index is 11.2. The third-order valence-electron chi connectivity index (χ3n) is 2.28. The highest BCUT2D eigenvalue weighted by molar-refractivity contribution is 7.84. The van der Waals surface area contributed by atoms with Crippen molar-refractivity contribution in [3.63, 3.8) is 0 Å². The first-order valence-electron chi connectivity index (χ1n) is 5.13. The number of nitrogens with one attached hydrogen (secondary N) is 1. The lowest BCUT2D eigenvalue weighted by atomic mass is 10.2. The van der Waals surface area contributed by atoms with Crippen LogP contribution in [-0.2, 0) is 10.8 Å². The normalized spacial score (nSPS) is 15.1. The molecule has 0 bridgehead atoms. The van der Waals surface area contributed by atoms with Crippen LogP contribution in [0.15, 0.2) is 5.51 Å². The van der Waals surface area contributed by atoms with Crippen LogP contribution >= 0.6 is 11.3 Å². The van der Waals surface area contributed by atoms with Gasteiger partial charge in [0.1, 0.15) is 0 Å². The SMILES string of the molecule is CCS(=O)CCNC(C)c1scnc1C. The van der Waals surface area contributed by atoms with E-state index < -0.39 is 10.8 Å². The molecule has 0 radical (unpaired) electrons. The molecule has 1 heterocycles. The molecular formula is C10H18N2OS2. The van der Waals surface area contributed by atoms with Gasteiger partial charge in [-0.1, -0.05) is 6.92 Å². The maximum absolute atomic E-state index is 11.2. The first-order valence-corrected chi connectivity index (χ1v) is 7.50. The minimum atomic E-state index is -0.670. The fourth-order valence-electron chi connectivity index (χ4n) is 1.35. The Balaban J connectivity index is 2.34. The van der Waals surface area contributed by atoms with Crippen molar-refractivity contribution in [2.45, 2.75) is 26.8 Å². The van der Waals surface area contributed by atoms with E-state index in [-0.39, 0.29) is 0 Å². The van der Waals surface area contributed by atoms with E-state index in [1.807, 2.05) is 19.4 Å². The lowest BCUT2D eigenvalue weighted by Gasteiger charge is -2.12. The predicted octanol–water partition coefficient (Wildman–Crippen LogP) is 1.87. The summed E-state index contributed by atoms with van der Waals surface area (Å²) in [5.74, 6) is 1.48. The van der Waals surface area contributed by atoms with Gasteiger partial charge in [0, 0.05) is 39.8 Å². The Morgan fingerprint density at radius 2 is 2.40 bits per heavy atom. The van der Waals surface area contributed by atoms with E-state index in [9.17, 15) is 4.21 Å². The van der Waals surface area contributed by atoms with Gasteiger partial charge in [0.25, 0.3) is 0 Å². The summed E-state index contributed by atoms with van der Waals surface area (Å²) in [7, 11) is -0.670. The lowest BCUT2D eigenvalue weighted by molar-refractivity contribution is 0.601. The van der Waals surface area contributed by atoms with Gasteiger partial charge in [-0.25, -0.2) is 4.98 Å². The molecule has 0 amide bonds. The van der Waals surface area contributed by atoms with Gasteiger partial charge in [0.05, 0.1) is 11.2 Å². The molecule has 15 heavy (non-hydrogen) atoms. The number of rotatable bonds is 6. The van der Waals surface area contributed by atoms with Crippen molar-refractivity contribution in [3.8, 4) is 0 Å². The highest BCUT2D eigenvalue weighted by Gasteiger charge is 2.10. The van der Waals surface area contributed by atoms with E-state index >= 15 is 0 Å². The van der Waals surface area contributed by atoms with Crippen LogP contribution < -0.4 is 5.32 Å². The molecule has 1 rings (SSSR count). The van der Waals surface area contributed by atoms with E-state index in [0.717, 1.165) is 23.7 Å². The summed E-state index contributed by atoms with van der Waals surface area (Å²) in [6.45, 7) is 6.90. The topological polar surface area (TPSA) is 42.0 Å². The van der Waals surface area contributed by atoms with Gasteiger partial charge in [-0.15, -0.1) is 11.3 Å². The second kappa shape index (κ2) is 6.35. The van der Waals surface area contributed by atoms with Crippen molar-refractivity contribution in [2.75, 3.05) is 18.1 Å². The zero-order valence-corrected chi connectivity index (χ0v) is 11.1. The second-order valence-corrected chi connectivity index (χ2v) is 6.16. The van der Waals surface area contributed by atoms with Crippen LogP contribution in [0.2, 0.25) is 0 Å². The summed E-state index contributed by atoms with van der Waals surface area (Å²) in [6, 6.07) is 0.311. The standard InChI is InChI=1S/C10H18N2OS2/c1-4-15(13)6-5-11-8(2)10-9(3)12-7-14-10/h7-8,11H,4-6H2,1-3H3. The third kappa shape index (κ3) is 4.01. The summed E-state index contributed by atoms with van der Waals surface area (Å²) in [5, 5.41) is 3.37. The maximum Gasteiger partial charge on any atom is 0.0798 e. The molecule has 0 aliphatic rings. The van der Waals surface area contributed by atoms with Crippen LogP contribution in [-0.4, -0.2) is 27.2 Å². The number of nitrogens with zero attached hydrogens (tertiary/aromatic N) is 1. The fraction of sp³-hybridized carbons (Fsp3) is 0.700. The van der Waals surface area contributed by atoms with E-state index in [1.54, 1.807) is 11.3 Å². The van der Waals surface area contributed by atoms with Gasteiger partial charge in [-0.05, 0) is 13.8 Å².